The predicted molar refractivity (Wildman–Crippen MR) is 145 cm³/mol. The molecule has 3 aromatic carbocycles. The van der Waals surface area contributed by atoms with Crippen LogP contribution in [0.15, 0.2) is 79.3 Å². The largest absolute Gasteiger partial charge is 0.416 e. The molecule has 0 fully saturated rings. The average molecular weight is 531 g/mol. The zero-order valence-electron chi connectivity index (χ0n) is 21.4. The van der Waals surface area contributed by atoms with Crippen molar-refractivity contribution in [2.45, 2.75) is 25.9 Å². The van der Waals surface area contributed by atoms with Crippen LogP contribution in [0.5, 0.6) is 0 Å². The number of nitrogens with zero attached hydrogens (tertiary/aromatic N) is 4. The Morgan fingerprint density at radius 1 is 0.974 bits per heavy atom. The number of aryl methyl sites for hydroxylation is 1. The average Bonchev–Trinajstić information content (AvgIpc) is 3.31. The third-order valence-corrected chi connectivity index (χ3v) is 6.24. The second-order valence-electron chi connectivity index (χ2n) is 9.48. The van der Waals surface area contributed by atoms with Gasteiger partial charge in [0.25, 0.3) is 5.91 Å². The first-order valence-corrected chi connectivity index (χ1v) is 12.2. The van der Waals surface area contributed by atoms with Crippen LogP contribution in [0, 0.1) is 0 Å². The van der Waals surface area contributed by atoms with Crippen LogP contribution in [0.1, 0.15) is 41.3 Å². The number of anilines is 3. The molecule has 1 amide bonds. The number of amides is 1. The Bertz CT molecular complexity index is 1680. The zero-order chi connectivity index (χ0) is 27.7. The van der Waals surface area contributed by atoms with Gasteiger partial charge in [0.15, 0.2) is 0 Å². The van der Waals surface area contributed by atoms with Crippen LogP contribution in [-0.2, 0) is 13.2 Å². The van der Waals surface area contributed by atoms with E-state index in [2.05, 4.69) is 39.5 Å². The van der Waals surface area contributed by atoms with Crippen LogP contribution in [-0.4, -0.2) is 25.7 Å². The topological polar surface area (TPSA) is 84.7 Å². The molecular formula is C29H25F3N6O. The van der Waals surface area contributed by atoms with E-state index in [0.717, 1.165) is 45.4 Å². The highest BCUT2D eigenvalue weighted by atomic mass is 19.4. The molecule has 2 aromatic heterocycles. The van der Waals surface area contributed by atoms with E-state index in [4.69, 9.17) is 0 Å². The Kier molecular flexibility index (Phi) is 6.78. The molecule has 0 saturated carbocycles. The number of hydrogen-bond acceptors (Lipinski definition) is 5. The van der Waals surface area contributed by atoms with Crippen molar-refractivity contribution in [3.63, 3.8) is 0 Å². The van der Waals surface area contributed by atoms with Crippen LogP contribution in [0.3, 0.4) is 0 Å². The van der Waals surface area contributed by atoms with E-state index < -0.39 is 17.6 Å². The minimum atomic E-state index is -4.50. The summed E-state index contributed by atoms with van der Waals surface area (Å²) in [7, 11) is 1.82. The number of halogens is 3. The van der Waals surface area contributed by atoms with Gasteiger partial charge in [0.2, 0.25) is 5.95 Å². The highest BCUT2D eigenvalue weighted by Gasteiger charge is 2.30. The summed E-state index contributed by atoms with van der Waals surface area (Å²) >= 11 is 0. The van der Waals surface area contributed by atoms with Gasteiger partial charge in [0.05, 0.1) is 23.0 Å². The van der Waals surface area contributed by atoms with Gasteiger partial charge in [0, 0.05) is 36.1 Å². The Balaban J connectivity index is 1.45. The number of rotatable bonds is 6. The SMILES string of the molecule is CC(C)c1ccc(C(=O)Nc2cccc(C(F)(F)F)c2)cc1-c1ccc2nc(Nc3cnn(C)c3)ncc2c1. The fourth-order valence-corrected chi connectivity index (χ4v) is 4.30. The Hall–Kier alpha value is -4.73. The molecular weight excluding hydrogens is 505 g/mol. The number of carbonyl (C=O) groups excluding carboxylic acids is 1. The molecule has 198 valence electrons. The standard InChI is InChI=1S/C29H25F3N6O/c1-17(2)24-9-7-19(27(39)35-22-6-4-5-21(13-22)29(30,31)32)12-25(24)18-8-10-26-20(11-18)14-33-28(37-26)36-23-15-34-38(3)16-23/h4-17H,1-3H3,(H,35,39)(H,33,36,37). The fourth-order valence-electron chi connectivity index (χ4n) is 4.30. The predicted octanol–water partition coefficient (Wildman–Crippen LogP) is 7.17. The van der Waals surface area contributed by atoms with E-state index in [-0.39, 0.29) is 11.6 Å². The maximum atomic E-state index is 13.1. The fraction of sp³-hybridized carbons (Fsp3) is 0.172. The molecule has 7 nitrogen and oxygen atoms in total. The van der Waals surface area contributed by atoms with Gasteiger partial charge in [-0.25, -0.2) is 9.97 Å². The van der Waals surface area contributed by atoms with E-state index in [1.54, 1.807) is 29.2 Å². The molecule has 5 rings (SSSR count). The number of alkyl halides is 3. The lowest BCUT2D eigenvalue weighted by atomic mass is 9.90. The summed E-state index contributed by atoms with van der Waals surface area (Å²) in [6.45, 7) is 4.11. The van der Waals surface area contributed by atoms with Crippen LogP contribution in [0.25, 0.3) is 22.0 Å². The molecule has 0 atom stereocenters. The lowest BCUT2D eigenvalue weighted by molar-refractivity contribution is -0.137. The molecule has 0 unspecified atom stereocenters. The highest BCUT2D eigenvalue weighted by Crippen LogP contribution is 2.33. The van der Waals surface area contributed by atoms with Crippen LogP contribution in [0.4, 0.5) is 30.5 Å². The van der Waals surface area contributed by atoms with E-state index in [1.807, 2.05) is 37.5 Å². The first kappa shape index (κ1) is 25.9. The lowest BCUT2D eigenvalue weighted by Crippen LogP contribution is -2.13. The van der Waals surface area contributed by atoms with Crippen molar-refractivity contribution in [2.75, 3.05) is 10.6 Å². The number of hydrogen-bond donors (Lipinski definition) is 2. The lowest BCUT2D eigenvalue weighted by Gasteiger charge is -2.16. The smallest absolute Gasteiger partial charge is 0.322 e. The van der Waals surface area contributed by atoms with Gasteiger partial charge in [-0.05, 0) is 65.1 Å². The van der Waals surface area contributed by atoms with Crippen LogP contribution in [0.2, 0.25) is 0 Å². The summed E-state index contributed by atoms with van der Waals surface area (Å²) in [5.41, 5.74) is 3.84. The number of aromatic nitrogens is 4. The summed E-state index contributed by atoms with van der Waals surface area (Å²) < 4.78 is 41.0. The maximum absolute atomic E-state index is 13.1. The molecule has 0 aliphatic rings. The summed E-state index contributed by atoms with van der Waals surface area (Å²) in [6.07, 6.45) is 0.729. The van der Waals surface area contributed by atoms with Crippen LogP contribution >= 0.6 is 0 Å². The monoisotopic (exact) mass is 530 g/mol. The quantitative estimate of drug-likeness (QED) is 0.243. The Morgan fingerprint density at radius 2 is 1.79 bits per heavy atom. The molecule has 0 aliphatic heterocycles. The van der Waals surface area contributed by atoms with Crippen molar-refractivity contribution in [1.82, 2.24) is 19.7 Å². The molecule has 0 radical (unpaired) electrons. The number of nitrogens with one attached hydrogen (secondary N) is 2. The van der Waals surface area contributed by atoms with Crippen LogP contribution < -0.4 is 10.6 Å². The van der Waals surface area contributed by atoms with E-state index in [9.17, 15) is 18.0 Å². The third kappa shape index (κ3) is 5.74. The summed E-state index contributed by atoms with van der Waals surface area (Å²) in [6, 6.07) is 15.7. The molecule has 0 spiro atoms. The molecule has 0 bridgehead atoms. The Morgan fingerprint density at radius 3 is 2.51 bits per heavy atom. The number of carbonyl (C=O) groups is 1. The van der Waals surface area contributed by atoms with Crippen molar-refractivity contribution < 1.29 is 18.0 Å². The molecule has 0 aliphatic carbocycles. The van der Waals surface area contributed by atoms with Crippen molar-refractivity contribution in [1.29, 1.82) is 0 Å². The van der Waals surface area contributed by atoms with Crippen molar-refractivity contribution in [3.05, 3.63) is 95.9 Å². The van der Waals surface area contributed by atoms with Gasteiger partial charge in [-0.1, -0.05) is 32.0 Å². The minimum absolute atomic E-state index is 0.0721. The van der Waals surface area contributed by atoms with Gasteiger partial charge >= 0.3 is 6.18 Å². The van der Waals surface area contributed by atoms with Gasteiger partial charge in [0.1, 0.15) is 0 Å². The van der Waals surface area contributed by atoms with Gasteiger partial charge in [-0.15, -0.1) is 0 Å². The first-order valence-electron chi connectivity index (χ1n) is 12.2. The Labute approximate surface area is 222 Å². The second kappa shape index (κ2) is 10.2. The van der Waals surface area contributed by atoms with E-state index in [0.29, 0.717) is 11.5 Å². The van der Waals surface area contributed by atoms with Crippen molar-refractivity contribution >= 4 is 34.1 Å². The first-order chi connectivity index (χ1) is 18.6. The van der Waals surface area contributed by atoms with Crippen molar-refractivity contribution in [2.24, 2.45) is 7.05 Å². The number of fused-ring (bicyclic) bond motifs is 1. The van der Waals surface area contributed by atoms with Gasteiger partial charge in [-0.3, -0.25) is 9.48 Å². The molecule has 5 aromatic rings. The van der Waals surface area contributed by atoms with E-state index >= 15 is 0 Å². The molecule has 39 heavy (non-hydrogen) atoms. The molecule has 2 N–H and O–H groups in total. The molecule has 10 heteroatoms. The molecule has 2 heterocycles. The molecule has 0 saturated heterocycles. The number of benzene rings is 3. The highest BCUT2D eigenvalue weighted by molar-refractivity contribution is 6.05. The summed E-state index contributed by atoms with van der Waals surface area (Å²) in [5.74, 6) is 0.110. The summed E-state index contributed by atoms with van der Waals surface area (Å²) in [4.78, 5) is 22.0. The second-order valence-corrected chi connectivity index (χ2v) is 9.48. The van der Waals surface area contributed by atoms with E-state index in [1.165, 1.54) is 12.1 Å². The maximum Gasteiger partial charge on any atom is 0.416 e. The third-order valence-electron chi connectivity index (χ3n) is 6.24. The van der Waals surface area contributed by atoms with Crippen molar-refractivity contribution in [3.8, 4) is 11.1 Å². The van der Waals surface area contributed by atoms with Gasteiger partial charge < -0.3 is 10.6 Å². The normalized spacial score (nSPS) is 11.7. The summed E-state index contributed by atoms with van der Waals surface area (Å²) in [5, 5.41) is 10.7. The van der Waals surface area contributed by atoms with Gasteiger partial charge in [-0.2, -0.15) is 18.3 Å². The zero-order valence-corrected chi connectivity index (χ0v) is 21.4. The minimum Gasteiger partial charge on any atom is -0.322 e.